The van der Waals surface area contributed by atoms with Crippen LogP contribution in [0.5, 0.6) is 0 Å². The molecule has 0 bridgehead atoms. The first kappa shape index (κ1) is 19.0. The molecule has 0 spiro atoms. The number of rotatable bonds is 4. The molecule has 0 saturated carbocycles. The zero-order chi connectivity index (χ0) is 19.1. The van der Waals surface area contributed by atoms with Crippen LogP contribution in [-0.4, -0.2) is 24.1 Å². The molecule has 0 atom stereocenters. The summed E-state index contributed by atoms with van der Waals surface area (Å²) in [5.74, 6) is 0.663. The molecule has 1 N–H and O–H groups in total. The maximum absolute atomic E-state index is 12.6. The van der Waals surface area contributed by atoms with Crippen molar-refractivity contribution in [3.05, 3.63) is 40.2 Å². The fraction of sp³-hybridized carbons (Fsp3) is 0.294. The number of hydrogen-bond acceptors (Lipinski definition) is 6. The number of thiophene rings is 1. The van der Waals surface area contributed by atoms with Crippen LogP contribution < -0.4 is 4.72 Å². The summed E-state index contributed by atoms with van der Waals surface area (Å²) in [6, 6.07) is 8.67. The Morgan fingerprint density at radius 3 is 2.62 bits per heavy atom. The predicted molar refractivity (Wildman–Crippen MR) is 103 cm³/mol. The molecule has 2 aromatic heterocycles. The molecule has 0 aliphatic rings. The Balaban J connectivity index is 1.95. The number of nitrogens with zero attached hydrogens (tertiary/aromatic N) is 2. The number of benzene rings is 1. The predicted octanol–water partition coefficient (Wildman–Crippen LogP) is 4.50. The summed E-state index contributed by atoms with van der Waals surface area (Å²) in [5, 5.41) is 4.53. The topological polar surface area (TPSA) is 85.1 Å². The van der Waals surface area contributed by atoms with E-state index in [-0.39, 0.29) is 10.8 Å². The monoisotopic (exact) mass is 411 g/mol. The Labute approximate surface area is 161 Å². The molecular formula is C17H18ClN3O3S2. The van der Waals surface area contributed by atoms with Gasteiger partial charge in [0.15, 0.2) is 0 Å². The van der Waals surface area contributed by atoms with Crippen LogP contribution >= 0.6 is 22.9 Å². The summed E-state index contributed by atoms with van der Waals surface area (Å²) in [7, 11) is -3.63. The van der Waals surface area contributed by atoms with Crippen LogP contribution in [0.1, 0.15) is 25.6 Å². The van der Waals surface area contributed by atoms with Gasteiger partial charge in [-0.15, -0.1) is 11.3 Å². The van der Waals surface area contributed by atoms with Crippen molar-refractivity contribution >= 4 is 33.0 Å². The fourth-order valence-electron chi connectivity index (χ4n) is 2.36. The van der Waals surface area contributed by atoms with Gasteiger partial charge in [-0.3, -0.25) is 0 Å². The molecule has 0 aliphatic carbocycles. The van der Waals surface area contributed by atoms with Gasteiger partial charge in [0.2, 0.25) is 15.8 Å². The standard InChI is InChI=1S/C17H18ClN3O3S2/c1-10-14(26(22,23)21-17(2,3)4)9-13(25-10)16-19-15(20-24-16)11-6-5-7-12(18)8-11/h5-9,21H,1-4H3. The highest BCUT2D eigenvalue weighted by molar-refractivity contribution is 7.89. The lowest BCUT2D eigenvalue weighted by atomic mass is 10.1. The first-order valence-electron chi connectivity index (χ1n) is 7.80. The Hall–Kier alpha value is -1.74. The highest BCUT2D eigenvalue weighted by atomic mass is 35.5. The van der Waals surface area contributed by atoms with Crippen molar-refractivity contribution < 1.29 is 12.9 Å². The van der Waals surface area contributed by atoms with Gasteiger partial charge in [0.05, 0.1) is 9.77 Å². The minimum absolute atomic E-state index is 0.218. The van der Waals surface area contributed by atoms with Crippen LogP contribution in [-0.2, 0) is 10.0 Å². The molecule has 0 saturated heterocycles. The van der Waals surface area contributed by atoms with Gasteiger partial charge in [-0.1, -0.05) is 28.9 Å². The average molecular weight is 412 g/mol. The lowest BCUT2D eigenvalue weighted by Gasteiger charge is -2.20. The maximum atomic E-state index is 12.6. The fourth-order valence-corrected chi connectivity index (χ4v) is 5.49. The van der Waals surface area contributed by atoms with Crippen molar-refractivity contribution in [3.8, 4) is 22.2 Å². The van der Waals surface area contributed by atoms with Crippen molar-refractivity contribution in [2.75, 3.05) is 0 Å². The van der Waals surface area contributed by atoms with E-state index in [1.807, 2.05) is 6.07 Å². The molecule has 0 aliphatic heterocycles. The van der Waals surface area contributed by atoms with Gasteiger partial charge < -0.3 is 4.52 Å². The van der Waals surface area contributed by atoms with Crippen molar-refractivity contribution in [3.63, 3.8) is 0 Å². The van der Waals surface area contributed by atoms with Crippen LogP contribution in [0.15, 0.2) is 39.8 Å². The molecule has 1 aromatic carbocycles. The molecule has 0 amide bonds. The van der Waals surface area contributed by atoms with E-state index < -0.39 is 15.6 Å². The first-order valence-corrected chi connectivity index (χ1v) is 10.5. The van der Waals surface area contributed by atoms with E-state index in [0.29, 0.717) is 20.6 Å². The normalized spacial score (nSPS) is 12.5. The Kier molecular flexibility index (Phi) is 4.96. The van der Waals surface area contributed by atoms with Gasteiger partial charge in [0, 0.05) is 21.0 Å². The Morgan fingerprint density at radius 1 is 1.23 bits per heavy atom. The molecule has 9 heteroatoms. The number of aryl methyl sites for hydroxylation is 1. The van der Waals surface area contributed by atoms with Crippen LogP contribution in [0.25, 0.3) is 22.2 Å². The van der Waals surface area contributed by atoms with Gasteiger partial charge >= 0.3 is 0 Å². The molecule has 3 rings (SSSR count). The molecule has 2 heterocycles. The van der Waals surface area contributed by atoms with Crippen LogP contribution in [0.4, 0.5) is 0 Å². The number of hydrogen-bond donors (Lipinski definition) is 1. The number of halogens is 1. The second-order valence-corrected chi connectivity index (χ2v) is 10.2. The molecule has 0 unspecified atom stereocenters. The zero-order valence-electron chi connectivity index (χ0n) is 14.7. The smallest absolute Gasteiger partial charge is 0.268 e. The molecule has 0 fully saturated rings. The summed E-state index contributed by atoms with van der Waals surface area (Å²) in [5.41, 5.74) is 0.153. The van der Waals surface area contributed by atoms with Crippen LogP contribution in [0.2, 0.25) is 5.02 Å². The van der Waals surface area contributed by atoms with Crippen LogP contribution in [0.3, 0.4) is 0 Å². The largest absolute Gasteiger partial charge is 0.333 e. The maximum Gasteiger partial charge on any atom is 0.268 e. The summed E-state index contributed by atoms with van der Waals surface area (Å²) < 4.78 is 33.2. The Bertz CT molecular complexity index is 1050. The van der Waals surface area contributed by atoms with Gasteiger partial charge in [-0.25, -0.2) is 13.1 Å². The minimum atomic E-state index is -3.63. The Morgan fingerprint density at radius 2 is 1.96 bits per heavy atom. The average Bonchev–Trinajstić information content (AvgIpc) is 3.11. The van der Waals surface area contributed by atoms with Crippen molar-refractivity contribution in [2.24, 2.45) is 0 Å². The van der Waals surface area contributed by atoms with Gasteiger partial charge in [0.25, 0.3) is 5.89 Å². The third-order valence-corrected chi connectivity index (χ3v) is 6.61. The van der Waals surface area contributed by atoms with E-state index in [0.717, 1.165) is 5.56 Å². The van der Waals surface area contributed by atoms with Gasteiger partial charge in [0.1, 0.15) is 0 Å². The van der Waals surface area contributed by atoms with Crippen molar-refractivity contribution in [1.29, 1.82) is 0 Å². The number of nitrogens with one attached hydrogen (secondary N) is 1. The third kappa shape index (κ3) is 4.15. The third-order valence-electron chi connectivity index (χ3n) is 3.32. The second-order valence-electron chi connectivity index (χ2n) is 6.82. The quantitative estimate of drug-likeness (QED) is 0.682. The number of aromatic nitrogens is 2. The summed E-state index contributed by atoms with van der Waals surface area (Å²) >= 11 is 7.28. The summed E-state index contributed by atoms with van der Waals surface area (Å²) in [6.07, 6.45) is 0. The van der Waals surface area contributed by atoms with E-state index in [1.165, 1.54) is 11.3 Å². The highest BCUT2D eigenvalue weighted by Gasteiger charge is 2.26. The SMILES string of the molecule is Cc1sc(-c2nc(-c3cccc(Cl)c3)no2)cc1S(=O)(=O)NC(C)(C)C. The molecule has 3 aromatic rings. The van der Waals surface area contributed by atoms with Crippen molar-refractivity contribution in [1.82, 2.24) is 14.9 Å². The van der Waals surface area contributed by atoms with E-state index in [9.17, 15) is 8.42 Å². The first-order chi connectivity index (χ1) is 12.0. The molecule has 26 heavy (non-hydrogen) atoms. The molecular weight excluding hydrogens is 394 g/mol. The van der Waals surface area contributed by atoms with E-state index in [1.54, 1.807) is 52.0 Å². The van der Waals surface area contributed by atoms with E-state index in [4.69, 9.17) is 16.1 Å². The van der Waals surface area contributed by atoms with Crippen molar-refractivity contribution in [2.45, 2.75) is 38.1 Å². The second kappa shape index (κ2) is 6.77. The molecule has 6 nitrogen and oxygen atoms in total. The highest BCUT2D eigenvalue weighted by Crippen LogP contribution is 2.34. The summed E-state index contributed by atoms with van der Waals surface area (Å²) in [6.45, 7) is 7.13. The van der Waals surface area contributed by atoms with E-state index in [2.05, 4.69) is 14.9 Å². The lowest BCUT2D eigenvalue weighted by molar-refractivity contribution is 0.433. The number of sulfonamides is 1. The summed E-state index contributed by atoms with van der Waals surface area (Å²) in [4.78, 5) is 5.83. The lowest BCUT2D eigenvalue weighted by Crippen LogP contribution is -2.40. The van der Waals surface area contributed by atoms with Gasteiger partial charge in [-0.05, 0) is 45.9 Å². The van der Waals surface area contributed by atoms with Crippen LogP contribution in [0, 0.1) is 6.92 Å². The molecule has 138 valence electrons. The van der Waals surface area contributed by atoms with E-state index >= 15 is 0 Å². The zero-order valence-corrected chi connectivity index (χ0v) is 17.1. The van der Waals surface area contributed by atoms with Gasteiger partial charge in [-0.2, -0.15) is 4.98 Å². The minimum Gasteiger partial charge on any atom is -0.333 e. The molecule has 0 radical (unpaired) electrons.